The van der Waals surface area contributed by atoms with Crippen LogP contribution in [0, 0.1) is 17.7 Å². The summed E-state index contributed by atoms with van der Waals surface area (Å²) < 4.78 is 25.6. The van der Waals surface area contributed by atoms with Gasteiger partial charge in [-0.25, -0.2) is 4.39 Å². The van der Waals surface area contributed by atoms with Gasteiger partial charge in [-0.1, -0.05) is 12.1 Å². The monoisotopic (exact) mass is 442 g/mol. The summed E-state index contributed by atoms with van der Waals surface area (Å²) in [4.78, 5) is 11.3. The van der Waals surface area contributed by atoms with Gasteiger partial charge in [0.25, 0.3) is 0 Å². The van der Waals surface area contributed by atoms with Crippen molar-refractivity contribution < 1.29 is 28.9 Å². The topological polar surface area (TPSA) is 76.0 Å². The van der Waals surface area contributed by atoms with Gasteiger partial charge < -0.3 is 19.7 Å². The highest BCUT2D eigenvalue weighted by atomic mass is 19.1. The first-order valence-corrected chi connectivity index (χ1v) is 11.4. The zero-order valence-electron chi connectivity index (χ0n) is 18.4. The van der Waals surface area contributed by atoms with Gasteiger partial charge in [0, 0.05) is 5.56 Å². The lowest BCUT2D eigenvalue weighted by Crippen LogP contribution is -2.34. The molecular weight excluding hydrogens is 411 g/mol. The predicted octanol–water partition coefficient (Wildman–Crippen LogP) is 5.26. The van der Waals surface area contributed by atoms with E-state index in [1.807, 2.05) is 24.3 Å². The van der Waals surface area contributed by atoms with Crippen LogP contribution >= 0.6 is 0 Å². The quantitative estimate of drug-likeness (QED) is 0.554. The van der Waals surface area contributed by atoms with E-state index in [4.69, 9.17) is 9.47 Å². The Kier molecular flexibility index (Phi) is 6.70. The molecule has 4 rings (SSSR count). The van der Waals surface area contributed by atoms with E-state index in [9.17, 15) is 19.4 Å². The van der Waals surface area contributed by atoms with E-state index in [2.05, 4.69) is 0 Å². The number of hydrogen-bond acceptors (Lipinski definition) is 4. The van der Waals surface area contributed by atoms with Gasteiger partial charge in [-0.05, 0) is 92.2 Å². The SMILES string of the molecule is COc1ccc(F)c(C2(O)CCC(COc3cccc([C@@H](CC(=O)O)C4CC4)c3)CC2)c1. The van der Waals surface area contributed by atoms with Gasteiger partial charge in [0.15, 0.2) is 0 Å². The van der Waals surface area contributed by atoms with E-state index in [1.165, 1.54) is 13.2 Å². The third-order valence-corrected chi connectivity index (χ3v) is 6.96. The molecule has 0 bridgehead atoms. The van der Waals surface area contributed by atoms with Gasteiger partial charge in [0.05, 0.1) is 25.7 Å². The lowest BCUT2D eigenvalue weighted by atomic mass is 9.75. The number of methoxy groups -OCH3 is 1. The fourth-order valence-electron chi connectivity index (χ4n) is 4.87. The number of aliphatic hydroxyl groups is 1. The fourth-order valence-corrected chi connectivity index (χ4v) is 4.87. The average Bonchev–Trinajstić information content (AvgIpc) is 3.63. The molecule has 2 aliphatic carbocycles. The minimum atomic E-state index is -1.19. The van der Waals surface area contributed by atoms with Crippen LogP contribution < -0.4 is 9.47 Å². The maximum Gasteiger partial charge on any atom is 0.303 e. The van der Waals surface area contributed by atoms with Gasteiger partial charge in [0.2, 0.25) is 0 Å². The summed E-state index contributed by atoms with van der Waals surface area (Å²) in [6.07, 6.45) is 4.72. The Bertz CT molecular complexity index is 947. The third-order valence-electron chi connectivity index (χ3n) is 6.96. The summed E-state index contributed by atoms with van der Waals surface area (Å²) in [6, 6.07) is 12.3. The molecule has 32 heavy (non-hydrogen) atoms. The fraction of sp³-hybridized carbons (Fsp3) is 0.500. The molecule has 2 N–H and O–H groups in total. The summed E-state index contributed by atoms with van der Waals surface area (Å²) in [5.74, 6) is 0.867. The molecule has 0 aromatic heterocycles. The number of aliphatic carboxylic acids is 1. The number of carbonyl (C=O) groups is 1. The molecule has 2 fully saturated rings. The number of benzene rings is 2. The second-order valence-corrected chi connectivity index (χ2v) is 9.25. The highest BCUT2D eigenvalue weighted by molar-refractivity contribution is 5.68. The normalized spacial score (nSPS) is 24.0. The van der Waals surface area contributed by atoms with E-state index >= 15 is 0 Å². The van der Waals surface area contributed by atoms with Crippen molar-refractivity contribution in [3.63, 3.8) is 0 Å². The summed E-state index contributed by atoms with van der Waals surface area (Å²) in [5.41, 5.74) is 0.135. The summed E-state index contributed by atoms with van der Waals surface area (Å²) in [6.45, 7) is 0.521. The number of halogens is 1. The molecule has 1 atom stereocenters. The van der Waals surface area contributed by atoms with Crippen molar-refractivity contribution in [1.29, 1.82) is 0 Å². The van der Waals surface area contributed by atoms with Crippen LogP contribution in [0.4, 0.5) is 4.39 Å². The first-order chi connectivity index (χ1) is 15.4. The molecule has 2 aliphatic rings. The molecule has 0 unspecified atom stereocenters. The van der Waals surface area contributed by atoms with Gasteiger partial charge in [-0.15, -0.1) is 0 Å². The van der Waals surface area contributed by atoms with Gasteiger partial charge >= 0.3 is 5.97 Å². The maximum absolute atomic E-state index is 14.4. The Morgan fingerprint density at radius 1 is 1.12 bits per heavy atom. The summed E-state index contributed by atoms with van der Waals surface area (Å²) >= 11 is 0. The molecule has 172 valence electrons. The Morgan fingerprint density at radius 3 is 2.53 bits per heavy atom. The van der Waals surface area contributed by atoms with Gasteiger partial charge in [0.1, 0.15) is 17.3 Å². The molecule has 2 saturated carbocycles. The second-order valence-electron chi connectivity index (χ2n) is 9.25. The van der Waals surface area contributed by atoms with E-state index in [0.717, 1.165) is 37.0 Å². The van der Waals surface area contributed by atoms with Crippen LogP contribution in [0.5, 0.6) is 11.5 Å². The number of carboxylic acids is 1. The van der Waals surface area contributed by atoms with E-state index in [0.29, 0.717) is 36.7 Å². The van der Waals surface area contributed by atoms with Crippen LogP contribution in [0.3, 0.4) is 0 Å². The highest BCUT2D eigenvalue weighted by Gasteiger charge is 2.37. The molecule has 0 spiro atoms. The van der Waals surface area contributed by atoms with Crippen molar-refractivity contribution in [3.8, 4) is 11.5 Å². The van der Waals surface area contributed by atoms with Crippen molar-refractivity contribution in [1.82, 2.24) is 0 Å². The van der Waals surface area contributed by atoms with Crippen molar-refractivity contribution in [2.45, 2.75) is 56.5 Å². The zero-order chi connectivity index (χ0) is 22.7. The first-order valence-electron chi connectivity index (χ1n) is 11.4. The summed E-state index contributed by atoms with van der Waals surface area (Å²) in [7, 11) is 1.53. The second kappa shape index (κ2) is 9.49. The summed E-state index contributed by atoms with van der Waals surface area (Å²) in [5, 5.41) is 20.3. The molecular formula is C26H31FO5. The molecule has 5 nitrogen and oxygen atoms in total. The molecule has 0 saturated heterocycles. The largest absolute Gasteiger partial charge is 0.497 e. The maximum atomic E-state index is 14.4. The molecule has 0 aliphatic heterocycles. The highest BCUT2D eigenvalue weighted by Crippen LogP contribution is 2.45. The first kappa shape index (κ1) is 22.6. The lowest BCUT2D eigenvalue weighted by molar-refractivity contribution is -0.137. The minimum Gasteiger partial charge on any atom is -0.497 e. The molecule has 6 heteroatoms. The Morgan fingerprint density at radius 2 is 1.88 bits per heavy atom. The van der Waals surface area contributed by atoms with E-state index in [1.54, 1.807) is 12.1 Å². The Hall–Kier alpha value is -2.60. The van der Waals surface area contributed by atoms with Crippen LogP contribution in [0.15, 0.2) is 42.5 Å². The smallest absolute Gasteiger partial charge is 0.303 e. The standard InChI is InChI=1S/C26H31FO5/c1-31-20-7-8-24(27)23(14-20)26(30)11-9-17(10-12-26)16-32-21-4-2-3-19(13-21)22(15-25(28)29)18-5-6-18/h2-4,7-8,13-14,17-18,22,30H,5-6,9-12,15-16H2,1H3,(H,28,29)/t17?,22-,26?/m0/s1. The number of hydrogen-bond donors (Lipinski definition) is 2. The van der Waals surface area contributed by atoms with Crippen molar-refractivity contribution in [3.05, 3.63) is 59.4 Å². The van der Waals surface area contributed by atoms with Crippen molar-refractivity contribution in [2.75, 3.05) is 13.7 Å². The van der Waals surface area contributed by atoms with Crippen molar-refractivity contribution >= 4 is 5.97 Å². The molecule has 0 radical (unpaired) electrons. The van der Waals surface area contributed by atoms with Crippen molar-refractivity contribution in [2.24, 2.45) is 11.8 Å². The zero-order valence-corrected chi connectivity index (χ0v) is 18.4. The Labute approximate surface area is 188 Å². The van der Waals surface area contributed by atoms with Crippen LogP contribution in [-0.4, -0.2) is 29.9 Å². The molecule has 2 aromatic rings. The van der Waals surface area contributed by atoms with E-state index < -0.39 is 17.4 Å². The van der Waals surface area contributed by atoms with Crippen LogP contribution in [0.2, 0.25) is 0 Å². The third kappa shape index (κ3) is 5.23. The Balaban J connectivity index is 1.35. The van der Waals surface area contributed by atoms with E-state index in [-0.39, 0.29) is 18.3 Å². The lowest BCUT2D eigenvalue weighted by Gasteiger charge is -2.36. The van der Waals surface area contributed by atoms with Gasteiger partial charge in [-0.3, -0.25) is 4.79 Å². The minimum absolute atomic E-state index is 0.0403. The van der Waals surface area contributed by atoms with Crippen LogP contribution in [0.1, 0.15) is 62.0 Å². The molecule has 2 aromatic carbocycles. The molecule has 0 heterocycles. The number of rotatable bonds is 9. The predicted molar refractivity (Wildman–Crippen MR) is 118 cm³/mol. The molecule has 0 amide bonds. The van der Waals surface area contributed by atoms with Crippen LogP contribution in [0.25, 0.3) is 0 Å². The average molecular weight is 443 g/mol. The number of carboxylic acid groups (broad SMARTS) is 1. The van der Waals surface area contributed by atoms with Gasteiger partial charge in [-0.2, -0.15) is 0 Å². The number of ether oxygens (including phenoxy) is 2. The van der Waals surface area contributed by atoms with Crippen LogP contribution in [-0.2, 0) is 10.4 Å².